The second-order valence-corrected chi connectivity index (χ2v) is 9.90. The number of aliphatic hydroxyl groups excluding tert-OH is 8. The van der Waals surface area contributed by atoms with Gasteiger partial charge in [-0.25, -0.2) is 4.79 Å². The maximum atomic E-state index is 13.1. The molecule has 1 saturated carbocycles. The van der Waals surface area contributed by atoms with E-state index in [0.29, 0.717) is 0 Å². The van der Waals surface area contributed by atoms with Crippen molar-refractivity contribution in [1.82, 2.24) is 0 Å². The third-order valence-corrected chi connectivity index (χ3v) is 7.69. The first-order chi connectivity index (χ1) is 18.5. The Morgan fingerprint density at radius 2 is 1.38 bits per heavy atom. The lowest BCUT2D eigenvalue weighted by Crippen LogP contribution is -2.60. The quantitative estimate of drug-likeness (QED) is 0.135. The zero-order valence-corrected chi connectivity index (χ0v) is 20.8. The summed E-state index contributed by atoms with van der Waals surface area (Å²) in [4.78, 5) is 25.7. The van der Waals surface area contributed by atoms with Crippen molar-refractivity contribution in [1.29, 1.82) is 0 Å². The topological polar surface area (TPSA) is 251 Å². The summed E-state index contributed by atoms with van der Waals surface area (Å²) in [6.45, 7) is -1.42. The van der Waals surface area contributed by atoms with Gasteiger partial charge in [0, 0.05) is 11.8 Å². The van der Waals surface area contributed by atoms with Gasteiger partial charge >= 0.3 is 11.9 Å². The lowest BCUT2D eigenvalue weighted by atomic mass is 9.82. The molecule has 0 spiro atoms. The highest BCUT2D eigenvalue weighted by molar-refractivity contribution is 5.89. The lowest BCUT2D eigenvalue weighted by Gasteiger charge is -2.43. The molecule has 222 valence electrons. The number of rotatable bonds is 7. The minimum Gasteiger partial charge on any atom is -0.472 e. The number of ether oxygens (including phenoxy) is 6. The Hall–Kier alpha value is -1.96. The molecule has 14 atom stereocenters. The average molecular weight is 567 g/mol. The number of aliphatic hydroxyl groups is 8. The molecule has 0 amide bonds. The summed E-state index contributed by atoms with van der Waals surface area (Å²) in [7, 11) is 1.18. The number of hydrogen-bond acceptors (Lipinski definition) is 16. The largest absolute Gasteiger partial charge is 0.472 e. The average Bonchev–Trinajstić information content (AvgIpc) is 3.38. The van der Waals surface area contributed by atoms with Gasteiger partial charge in [0.1, 0.15) is 48.8 Å². The first-order valence-corrected chi connectivity index (χ1v) is 12.4. The number of carbonyl (C=O) groups excluding carboxylic acids is 2. The van der Waals surface area contributed by atoms with Crippen molar-refractivity contribution in [2.24, 2.45) is 17.8 Å². The van der Waals surface area contributed by atoms with E-state index in [2.05, 4.69) is 0 Å². The van der Waals surface area contributed by atoms with Gasteiger partial charge in [0.25, 0.3) is 0 Å². The van der Waals surface area contributed by atoms with Crippen LogP contribution in [0.4, 0.5) is 0 Å². The van der Waals surface area contributed by atoms with E-state index >= 15 is 0 Å². The second kappa shape index (κ2) is 12.3. The minimum absolute atomic E-state index is 0.0722. The van der Waals surface area contributed by atoms with E-state index < -0.39 is 111 Å². The molecule has 0 aromatic carbocycles. The summed E-state index contributed by atoms with van der Waals surface area (Å²) in [5, 5.41) is 79.4. The summed E-state index contributed by atoms with van der Waals surface area (Å²) in [6.07, 6.45) is -16.1. The van der Waals surface area contributed by atoms with Crippen LogP contribution >= 0.6 is 0 Å². The summed E-state index contributed by atoms with van der Waals surface area (Å²) >= 11 is 0. The molecule has 16 heteroatoms. The molecule has 8 N–H and O–H groups in total. The smallest absolute Gasteiger partial charge is 0.339 e. The first-order valence-electron chi connectivity index (χ1n) is 12.4. The second-order valence-electron chi connectivity index (χ2n) is 9.90. The Morgan fingerprint density at radius 1 is 0.821 bits per heavy atom. The van der Waals surface area contributed by atoms with Crippen LogP contribution in [0, 0.1) is 17.8 Å². The molecule has 0 radical (unpaired) electrons. The number of methoxy groups -OCH3 is 1. The minimum atomic E-state index is -1.83. The molecule has 3 aliphatic heterocycles. The Kier molecular flexibility index (Phi) is 9.45. The highest BCUT2D eigenvalue weighted by Crippen LogP contribution is 2.48. The van der Waals surface area contributed by atoms with Crippen LogP contribution in [0.1, 0.15) is 12.8 Å². The van der Waals surface area contributed by atoms with E-state index in [1.165, 1.54) is 7.11 Å². The van der Waals surface area contributed by atoms with Crippen molar-refractivity contribution < 1.29 is 78.9 Å². The van der Waals surface area contributed by atoms with Gasteiger partial charge < -0.3 is 69.3 Å². The molecular formula is C23H34O16. The van der Waals surface area contributed by atoms with Crippen LogP contribution in [0.2, 0.25) is 0 Å². The molecule has 4 rings (SSSR count). The van der Waals surface area contributed by atoms with Gasteiger partial charge in [0.15, 0.2) is 6.29 Å². The van der Waals surface area contributed by atoms with Crippen LogP contribution in [0.25, 0.3) is 0 Å². The zero-order valence-electron chi connectivity index (χ0n) is 20.8. The molecule has 2 saturated heterocycles. The molecule has 0 aromatic heterocycles. The van der Waals surface area contributed by atoms with Gasteiger partial charge in [0.2, 0.25) is 12.6 Å². The highest BCUT2D eigenvalue weighted by Gasteiger charge is 2.55. The van der Waals surface area contributed by atoms with Crippen LogP contribution < -0.4 is 0 Å². The molecule has 0 bridgehead atoms. The summed E-state index contributed by atoms with van der Waals surface area (Å²) in [5.41, 5.74) is -0.0722. The molecule has 14 unspecified atom stereocenters. The molecule has 4 aliphatic rings. The molecular weight excluding hydrogens is 532 g/mol. The van der Waals surface area contributed by atoms with Gasteiger partial charge in [-0.15, -0.1) is 0 Å². The van der Waals surface area contributed by atoms with Crippen molar-refractivity contribution in [2.45, 2.75) is 80.5 Å². The molecule has 1 aliphatic carbocycles. The van der Waals surface area contributed by atoms with E-state index in [9.17, 15) is 50.4 Å². The van der Waals surface area contributed by atoms with Crippen molar-refractivity contribution in [3.05, 3.63) is 11.8 Å². The van der Waals surface area contributed by atoms with Gasteiger partial charge in [-0.2, -0.15) is 0 Å². The number of fused-ring (bicyclic) bond motifs is 1. The van der Waals surface area contributed by atoms with E-state index in [1.54, 1.807) is 0 Å². The predicted octanol–water partition coefficient (Wildman–Crippen LogP) is -4.80. The van der Waals surface area contributed by atoms with Crippen molar-refractivity contribution >= 4 is 11.9 Å². The van der Waals surface area contributed by atoms with Crippen LogP contribution in [-0.4, -0.2) is 141 Å². The third kappa shape index (κ3) is 5.64. The zero-order chi connectivity index (χ0) is 28.6. The molecule has 3 fully saturated rings. The highest BCUT2D eigenvalue weighted by atomic mass is 16.8. The number of carbonyl (C=O) groups is 2. The maximum absolute atomic E-state index is 13.1. The van der Waals surface area contributed by atoms with Gasteiger partial charge in [-0.3, -0.25) is 4.79 Å². The van der Waals surface area contributed by atoms with Crippen LogP contribution in [0.3, 0.4) is 0 Å². The third-order valence-electron chi connectivity index (χ3n) is 7.69. The Morgan fingerprint density at radius 3 is 1.95 bits per heavy atom. The predicted molar refractivity (Wildman–Crippen MR) is 119 cm³/mol. The van der Waals surface area contributed by atoms with E-state index in [4.69, 9.17) is 28.4 Å². The first kappa shape index (κ1) is 30.0. The summed E-state index contributed by atoms with van der Waals surface area (Å²) < 4.78 is 32.1. The normalized spacial score (nSPS) is 46.0. The van der Waals surface area contributed by atoms with Crippen molar-refractivity contribution in [3.8, 4) is 0 Å². The fraction of sp³-hybridized carbons (Fsp3) is 0.826. The van der Waals surface area contributed by atoms with Crippen LogP contribution in [0.15, 0.2) is 11.8 Å². The van der Waals surface area contributed by atoms with Gasteiger partial charge in [0.05, 0.1) is 38.1 Å². The fourth-order valence-corrected chi connectivity index (χ4v) is 5.48. The lowest BCUT2D eigenvalue weighted by molar-refractivity contribution is -0.342. The molecule has 39 heavy (non-hydrogen) atoms. The van der Waals surface area contributed by atoms with Gasteiger partial charge in [-0.1, -0.05) is 0 Å². The maximum Gasteiger partial charge on any atom is 0.339 e. The van der Waals surface area contributed by atoms with E-state index in [1.807, 2.05) is 0 Å². The summed E-state index contributed by atoms with van der Waals surface area (Å²) in [6, 6.07) is 0. The Bertz CT molecular complexity index is 909. The molecule has 3 heterocycles. The fourth-order valence-electron chi connectivity index (χ4n) is 5.48. The summed E-state index contributed by atoms with van der Waals surface area (Å²) in [5.74, 6) is -4.11. The van der Waals surface area contributed by atoms with Crippen molar-refractivity contribution in [2.75, 3.05) is 20.3 Å². The van der Waals surface area contributed by atoms with Crippen molar-refractivity contribution in [3.63, 3.8) is 0 Å². The van der Waals surface area contributed by atoms with E-state index in [-0.39, 0.29) is 18.4 Å². The molecule has 0 aromatic rings. The number of hydrogen-bond donors (Lipinski definition) is 8. The SMILES string of the molecule is COC(=O)C1CCC2C(C(=O)OC3OC(CO)C(O)C(O)C3O)=COC(OC3OC(CO)C(O)C(O)C3O)C12. The number of esters is 2. The Labute approximate surface area is 221 Å². The van der Waals surface area contributed by atoms with Crippen LogP contribution in [0.5, 0.6) is 0 Å². The molecule has 16 nitrogen and oxygen atoms in total. The van der Waals surface area contributed by atoms with Crippen LogP contribution in [-0.2, 0) is 38.0 Å². The Balaban J connectivity index is 1.54. The van der Waals surface area contributed by atoms with Gasteiger partial charge in [-0.05, 0) is 12.8 Å². The van der Waals surface area contributed by atoms with E-state index in [0.717, 1.165) is 6.26 Å². The standard InChI is InChI=1S/C23H34O16/c1-34-19(32)8-3-2-7-9(20(33)38-22-17(30)15(28)13(26)10(4-24)36-22)6-35-21(12(7)8)39-23-18(31)16(29)14(27)11(5-25)37-23/h6-8,10-18,21-31H,2-5H2,1H3. The monoisotopic (exact) mass is 566 g/mol.